The van der Waals surface area contributed by atoms with Crippen molar-refractivity contribution in [2.24, 2.45) is 0 Å². The van der Waals surface area contributed by atoms with Crippen LogP contribution in [-0.2, 0) is 4.74 Å². The van der Waals surface area contributed by atoms with Gasteiger partial charge in [-0.2, -0.15) is 0 Å². The van der Waals surface area contributed by atoms with Crippen molar-refractivity contribution in [1.82, 2.24) is 5.32 Å². The Kier molecular flexibility index (Phi) is 2.11. The Hall–Kier alpha value is -0.120. The predicted octanol–water partition coefficient (Wildman–Crippen LogP) is -0.112. The lowest BCUT2D eigenvalue weighted by molar-refractivity contribution is -0.0166. The number of aliphatic hydroxyl groups excluding tert-OH is 1. The van der Waals surface area contributed by atoms with Gasteiger partial charge in [-0.25, -0.2) is 0 Å². The Morgan fingerprint density at radius 3 is 2.55 bits per heavy atom. The van der Waals surface area contributed by atoms with Gasteiger partial charge in [0.15, 0.2) is 0 Å². The summed E-state index contributed by atoms with van der Waals surface area (Å²) in [4.78, 5) is 0. The minimum absolute atomic E-state index is 0.115. The first-order valence-electron chi connectivity index (χ1n) is 4.38. The zero-order valence-corrected chi connectivity index (χ0v) is 6.62. The highest BCUT2D eigenvalue weighted by atomic mass is 16.5. The minimum Gasteiger partial charge on any atom is -0.392 e. The molecule has 0 aromatic rings. The standard InChI is InChI=1S/C8H15NO2/c10-8-3-1-2-7(8)9-6-4-11-5-6/h6-10H,1-5H2/t7-,8-/m1/s1. The normalized spacial score (nSPS) is 39.0. The Balaban J connectivity index is 1.75. The molecule has 0 spiro atoms. The maximum atomic E-state index is 9.45. The van der Waals surface area contributed by atoms with E-state index in [1.165, 1.54) is 0 Å². The molecule has 0 aromatic heterocycles. The lowest BCUT2D eigenvalue weighted by Crippen LogP contribution is -2.52. The second-order valence-corrected chi connectivity index (χ2v) is 3.51. The van der Waals surface area contributed by atoms with E-state index < -0.39 is 0 Å². The van der Waals surface area contributed by atoms with Crippen LogP contribution < -0.4 is 5.32 Å². The SMILES string of the molecule is O[C@@H]1CCC[C@H]1NC1COC1. The summed E-state index contributed by atoms with van der Waals surface area (Å²) < 4.78 is 5.04. The van der Waals surface area contributed by atoms with Gasteiger partial charge in [0.1, 0.15) is 0 Å². The molecule has 3 heteroatoms. The molecule has 3 nitrogen and oxygen atoms in total. The first kappa shape index (κ1) is 7.53. The van der Waals surface area contributed by atoms with E-state index in [1.54, 1.807) is 0 Å². The highest BCUT2D eigenvalue weighted by molar-refractivity contribution is 4.87. The molecule has 2 aliphatic rings. The smallest absolute Gasteiger partial charge is 0.0693 e. The highest BCUT2D eigenvalue weighted by Crippen LogP contribution is 2.20. The van der Waals surface area contributed by atoms with Crippen LogP contribution in [0.4, 0.5) is 0 Å². The molecule has 1 aliphatic carbocycles. The van der Waals surface area contributed by atoms with Gasteiger partial charge in [0.25, 0.3) is 0 Å². The Morgan fingerprint density at radius 2 is 2.09 bits per heavy atom. The molecular formula is C8H15NO2. The molecule has 64 valence electrons. The lowest BCUT2D eigenvalue weighted by Gasteiger charge is -2.31. The molecular weight excluding hydrogens is 142 g/mol. The second-order valence-electron chi connectivity index (χ2n) is 3.51. The van der Waals surface area contributed by atoms with Crippen LogP contribution in [0.15, 0.2) is 0 Å². The Labute approximate surface area is 66.7 Å². The molecule has 0 amide bonds. The molecule has 0 aromatic carbocycles. The van der Waals surface area contributed by atoms with Crippen LogP contribution in [0.25, 0.3) is 0 Å². The zero-order valence-electron chi connectivity index (χ0n) is 6.62. The van der Waals surface area contributed by atoms with Gasteiger partial charge < -0.3 is 15.2 Å². The summed E-state index contributed by atoms with van der Waals surface area (Å²) in [6, 6.07) is 0.844. The van der Waals surface area contributed by atoms with Gasteiger partial charge >= 0.3 is 0 Å². The van der Waals surface area contributed by atoms with Gasteiger partial charge in [0.2, 0.25) is 0 Å². The number of rotatable bonds is 2. The molecule has 2 atom stereocenters. The van der Waals surface area contributed by atoms with Gasteiger partial charge in [-0.1, -0.05) is 0 Å². The van der Waals surface area contributed by atoms with Crippen molar-refractivity contribution in [2.45, 2.75) is 37.5 Å². The molecule has 1 saturated carbocycles. The van der Waals surface area contributed by atoms with Gasteiger partial charge in [0.05, 0.1) is 25.4 Å². The van der Waals surface area contributed by atoms with Crippen LogP contribution in [0.1, 0.15) is 19.3 Å². The van der Waals surface area contributed by atoms with E-state index >= 15 is 0 Å². The maximum absolute atomic E-state index is 9.45. The third kappa shape index (κ3) is 1.55. The third-order valence-electron chi connectivity index (χ3n) is 2.57. The number of hydrogen-bond donors (Lipinski definition) is 2. The van der Waals surface area contributed by atoms with E-state index in [2.05, 4.69) is 5.32 Å². The molecule has 1 aliphatic heterocycles. The van der Waals surface area contributed by atoms with Gasteiger partial charge in [-0.15, -0.1) is 0 Å². The van der Waals surface area contributed by atoms with Gasteiger partial charge in [-0.05, 0) is 19.3 Å². The van der Waals surface area contributed by atoms with Crippen LogP contribution >= 0.6 is 0 Å². The first-order chi connectivity index (χ1) is 5.36. The summed E-state index contributed by atoms with van der Waals surface area (Å²) >= 11 is 0. The van der Waals surface area contributed by atoms with E-state index in [9.17, 15) is 5.11 Å². The summed E-state index contributed by atoms with van der Waals surface area (Å²) in [5.41, 5.74) is 0. The van der Waals surface area contributed by atoms with Crippen molar-refractivity contribution in [3.05, 3.63) is 0 Å². The lowest BCUT2D eigenvalue weighted by atomic mass is 10.1. The number of nitrogens with one attached hydrogen (secondary N) is 1. The van der Waals surface area contributed by atoms with Crippen LogP contribution in [0, 0.1) is 0 Å². The van der Waals surface area contributed by atoms with Crippen molar-refractivity contribution < 1.29 is 9.84 Å². The van der Waals surface area contributed by atoms with Crippen LogP contribution in [0.3, 0.4) is 0 Å². The van der Waals surface area contributed by atoms with Crippen LogP contribution in [0.2, 0.25) is 0 Å². The highest BCUT2D eigenvalue weighted by Gasteiger charge is 2.29. The first-order valence-corrected chi connectivity index (χ1v) is 4.38. The molecule has 2 rings (SSSR count). The van der Waals surface area contributed by atoms with Crippen LogP contribution in [-0.4, -0.2) is 36.5 Å². The summed E-state index contributed by atoms with van der Waals surface area (Å²) in [6.45, 7) is 1.65. The fourth-order valence-electron chi connectivity index (χ4n) is 1.77. The largest absolute Gasteiger partial charge is 0.392 e. The van der Waals surface area contributed by atoms with Crippen molar-refractivity contribution in [2.75, 3.05) is 13.2 Å². The summed E-state index contributed by atoms with van der Waals surface area (Å²) in [6.07, 6.45) is 3.13. The number of ether oxygens (including phenoxy) is 1. The molecule has 2 fully saturated rings. The molecule has 0 bridgehead atoms. The molecule has 1 heterocycles. The fraction of sp³-hybridized carbons (Fsp3) is 1.00. The van der Waals surface area contributed by atoms with Crippen molar-refractivity contribution in [3.8, 4) is 0 Å². The predicted molar refractivity (Wildman–Crippen MR) is 41.4 cm³/mol. The van der Waals surface area contributed by atoms with Crippen molar-refractivity contribution >= 4 is 0 Å². The van der Waals surface area contributed by atoms with E-state index in [-0.39, 0.29) is 6.10 Å². The van der Waals surface area contributed by atoms with Crippen molar-refractivity contribution in [1.29, 1.82) is 0 Å². The summed E-state index contributed by atoms with van der Waals surface area (Å²) in [5.74, 6) is 0. The van der Waals surface area contributed by atoms with E-state index in [1.807, 2.05) is 0 Å². The monoisotopic (exact) mass is 157 g/mol. The van der Waals surface area contributed by atoms with E-state index in [0.717, 1.165) is 32.5 Å². The third-order valence-corrected chi connectivity index (χ3v) is 2.57. The van der Waals surface area contributed by atoms with E-state index in [4.69, 9.17) is 4.74 Å². The average molecular weight is 157 g/mol. The molecule has 0 radical (unpaired) electrons. The molecule has 2 N–H and O–H groups in total. The summed E-state index contributed by atoms with van der Waals surface area (Å²) in [5, 5.41) is 12.8. The number of aliphatic hydroxyl groups is 1. The van der Waals surface area contributed by atoms with Crippen molar-refractivity contribution in [3.63, 3.8) is 0 Å². The average Bonchev–Trinajstić information content (AvgIpc) is 2.27. The van der Waals surface area contributed by atoms with Gasteiger partial charge in [-0.3, -0.25) is 0 Å². The summed E-state index contributed by atoms with van der Waals surface area (Å²) in [7, 11) is 0. The Bertz CT molecular complexity index is 136. The van der Waals surface area contributed by atoms with Gasteiger partial charge in [0, 0.05) is 6.04 Å². The minimum atomic E-state index is -0.115. The molecule has 1 saturated heterocycles. The second kappa shape index (κ2) is 3.09. The topological polar surface area (TPSA) is 41.5 Å². The Morgan fingerprint density at radius 1 is 1.27 bits per heavy atom. The molecule has 11 heavy (non-hydrogen) atoms. The quantitative estimate of drug-likeness (QED) is 0.587. The zero-order chi connectivity index (χ0) is 7.68. The molecule has 0 unspecified atom stereocenters. The van der Waals surface area contributed by atoms with E-state index in [0.29, 0.717) is 12.1 Å². The fourth-order valence-corrected chi connectivity index (χ4v) is 1.77. The number of hydrogen-bond acceptors (Lipinski definition) is 3. The maximum Gasteiger partial charge on any atom is 0.0693 e. The van der Waals surface area contributed by atoms with Crippen LogP contribution in [0.5, 0.6) is 0 Å².